The number of amides is 1. The van der Waals surface area contributed by atoms with Crippen LogP contribution in [-0.2, 0) is 0 Å². The van der Waals surface area contributed by atoms with Crippen molar-refractivity contribution in [2.45, 2.75) is 37.5 Å². The van der Waals surface area contributed by atoms with Gasteiger partial charge in [-0.3, -0.25) is 4.79 Å². The second kappa shape index (κ2) is 5.39. The number of rotatable bonds is 4. The summed E-state index contributed by atoms with van der Waals surface area (Å²) >= 11 is 1.95. The molecule has 94 valence electrons. The third kappa shape index (κ3) is 2.91. The van der Waals surface area contributed by atoms with Gasteiger partial charge in [0.25, 0.3) is 5.91 Å². The zero-order valence-corrected chi connectivity index (χ0v) is 10.5. The summed E-state index contributed by atoms with van der Waals surface area (Å²) in [5.74, 6) is 0.863. The molecule has 1 aliphatic rings. The number of aromatic nitrogens is 2. The highest BCUT2D eigenvalue weighted by molar-refractivity contribution is 7.99. The van der Waals surface area contributed by atoms with Crippen molar-refractivity contribution < 1.29 is 9.42 Å². The number of nitrogen functional groups attached to an aromatic ring is 1. The Bertz CT molecular complexity index is 395. The lowest BCUT2D eigenvalue weighted by Crippen LogP contribution is -2.33. The number of carbonyl (C=O) groups excluding carboxylic acids is 1. The first kappa shape index (κ1) is 12.2. The van der Waals surface area contributed by atoms with Gasteiger partial charge in [-0.2, -0.15) is 11.8 Å². The molecule has 0 saturated heterocycles. The SMILES string of the molecule is CCSC1CCC(NC(=O)c2nonc2N)C1. The van der Waals surface area contributed by atoms with E-state index in [4.69, 9.17) is 5.73 Å². The molecule has 0 bridgehead atoms. The average Bonchev–Trinajstić information content (AvgIpc) is 2.88. The first-order valence-corrected chi connectivity index (χ1v) is 6.76. The first-order valence-electron chi connectivity index (χ1n) is 5.71. The van der Waals surface area contributed by atoms with Gasteiger partial charge in [0, 0.05) is 11.3 Å². The fraction of sp³-hybridized carbons (Fsp3) is 0.700. The third-order valence-electron chi connectivity index (χ3n) is 2.85. The Morgan fingerprint density at radius 2 is 2.41 bits per heavy atom. The van der Waals surface area contributed by atoms with Gasteiger partial charge in [-0.15, -0.1) is 0 Å². The Morgan fingerprint density at radius 3 is 3.06 bits per heavy atom. The van der Waals surface area contributed by atoms with Crippen LogP contribution in [0.1, 0.15) is 36.7 Å². The predicted octanol–water partition coefficient (Wildman–Crippen LogP) is 1.06. The van der Waals surface area contributed by atoms with Crippen LogP contribution in [0.2, 0.25) is 0 Å². The van der Waals surface area contributed by atoms with Crippen molar-refractivity contribution in [1.82, 2.24) is 15.6 Å². The molecule has 2 rings (SSSR count). The highest BCUT2D eigenvalue weighted by atomic mass is 32.2. The van der Waals surface area contributed by atoms with Crippen LogP contribution in [0.15, 0.2) is 4.63 Å². The van der Waals surface area contributed by atoms with E-state index in [0.29, 0.717) is 5.25 Å². The van der Waals surface area contributed by atoms with Crippen molar-refractivity contribution in [2.24, 2.45) is 0 Å². The lowest BCUT2D eigenvalue weighted by atomic mass is 10.2. The summed E-state index contributed by atoms with van der Waals surface area (Å²) in [7, 11) is 0. The van der Waals surface area contributed by atoms with E-state index in [0.717, 1.165) is 25.0 Å². The maximum atomic E-state index is 11.8. The van der Waals surface area contributed by atoms with Crippen LogP contribution in [0.5, 0.6) is 0 Å². The summed E-state index contributed by atoms with van der Waals surface area (Å²) in [6.45, 7) is 2.15. The number of thioether (sulfide) groups is 1. The number of carbonyl (C=O) groups is 1. The quantitative estimate of drug-likeness (QED) is 0.836. The second-order valence-corrected chi connectivity index (χ2v) is 5.64. The zero-order valence-electron chi connectivity index (χ0n) is 9.68. The molecule has 1 heterocycles. The normalized spacial score (nSPS) is 23.8. The van der Waals surface area contributed by atoms with E-state index >= 15 is 0 Å². The second-order valence-electron chi connectivity index (χ2n) is 4.06. The minimum absolute atomic E-state index is 0.0416. The van der Waals surface area contributed by atoms with Crippen molar-refractivity contribution in [1.29, 1.82) is 0 Å². The van der Waals surface area contributed by atoms with Crippen molar-refractivity contribution in [3.63, 3.8) is 0 Å². The summed E-state index contributed by atoms with van der Waals surface area (Å²) in [4.78, 5) is 11.8. The summed E-state index contributed by atoms with van der Waals surface area (Å²) < 4.78 is 4.40. The van der Waals surface area contributed by atoms with Crippen LogP contribution in [0, 0.1) is 0 Å². The van der Waals surface area contributed by atoms with Gasteiger partial charge >= 0.3 is 0 Å². The Labute approximate surface area is 104 Å². The van der Waals surface area contributed by atoms with Gasteiger partial charge in [0.05, 0.1) is 0 Å². The molecular formula is C10H16N4O2S. The Hall–Kier alpha value is -1.24. The number of nitrogens with one attached hydrogen (secondary N) is 1. The minimum Gasteiger partial charge on any atom is -0.379 e. The third-order valence-corrected chi connectivity index (χ3v) is 4.08. The van der Waals surface area contributed by atoms with Crippen LogP contribution in [0.4, 0.5) is 5.82 Å². The highest BCUT2D eigenvalue weighted by Gasteiger charge is 2.27. The lowest BCUT2D eigenvalue weighted by molar-refractivity contribution is 0.0928. The fourth-order valence-corrected chi connectivity index (χ4v) is 3.21. The zero-order chi connectivity index (χ0) is 12.3. The Balaban J connectivity index is 1.86. The van der Waals surface area contributed by atoms with Crippen LogP contribution in [-0.4, -0.2) is 33.3 Å². The topological polar surface area (TPSA) is 94.0 Å². The lowest BCUT2D eigenvalue weighted by Gasteiger charge is -2.11. The number of anilines is 1. The Kier molecular flexibility index (Phi) is 3.88. The fourth-order valence-electron chi connectivity index (χ4n) is 2.07. The largest absolute Gasteiger partial charge is 0.379 e. The average molecular weight is 256 g/mol. The van der Waals surface area contributed by atoms with Crippen LogP contribution >= 0.6 is 11.8 Å². The van der Waals surface area contributed by atoms with E-state index in [9.17, 15) is 4.79 Å². The van der Waals surface area contributed by atoms with E-state index in [1.54, 1.807) is 0 Å². The van der Waals surface area contributed by atoms with Gasteiger partial charge in [-0.1, -0.05) is 6.92 Å². The van der Waals surface area contributed by atoms with Crippen LogP contribution in [0.3, 0.4) is 0 Å². The molecule has 1 amide bonds. The van der Waals surface area contributed by atoms with Crippen molar-refractivity contribution in [2.75, 3.05) is 11.5 Å². The molecule has 0 aromatic carbocycles. The number of hydrogen-bond acceptors (Lipinski definition) is 6. The van der Waals surface area contributed by atoms with Gasteiger partial charge in [-0.25, -0.2) is 4.63 Å². The molecule has 7 heteroatoms. The highest BCUT2D eigenvalue weighted by Crippen LogP contribution is 2.29. The summed E-state index contributed by atoms with van der Waals surface area (Å²) in [6.07, 6.45) is 3.17. The van der Waals surface area contributed by atoms with E-state index in [1.807, 2.05) is 11.8 Å². The van der Waals surface area contributed by atoms with E-state index in [-0.39, 0.29) is 23.5 Å². The van der Waals surface area contributed by atoms with Crippen LogP contribution in [0.25, 0.3) is 0 Å². The van der Waals surface area contributed by atoms with Crippen molar-refractivity contribution in [3.8, 4) is 0 Å². The molecule has 17 heavy (non-hydrogen) atoms. The molecule has 2 unspecified atom stereocenters. The minimum atomic E-state index is -0.295. The predicted molar refractivity (Wildman–Crippen MR) is 65.7 cm³/mol. The number of nitrogens with two attached hydrogens (primary N) is 1. The smallest absolute Gasteiger partial charge is 0.277 e. The van der Waals surface area contributed by atoms with E-state index in [1.165, 1.54) is 0 Å². The maximum Gasteiger partial charge on any atom is 0.277 e. The molecule has 3 N–H and O–H groups in total. The van der Waals surface area contributed by atoms with Gasteiger partial charge in [0.2, 0.25) is 11.5 Å². The molecule has 1 fully saturated rings. The standard InChI is InChI=1S/C10H16N4O2S/c1-2-17-7-4-3-6(5-7)12-10(15)8-9(11)14-16-13-8/h6-7H,2-5H2,1H3,(H2,11,14)(H,12,15). The molecule has 1 aromatic heterocycles. The Morgan fingerprint density at radius 1 is 1.59 bits per heavy atom. The van der Waals surface area contributed by atoms with Gasteiger partial charge in [0.15, 0.2) is 0 Å². The molecule has 0 spiro atoms. The van der Waals surface area contributed by atoms with Crippen LogP contribution < -0.4 is 11.1 Å². The summed E-state index contributed by atoms with van der Waals surface area (Å²) in [5, 5.41) is 10.4. The number of nitrogens with zero attached hydrogens (tertiary/aromatic N) is 2. The monoisotopic (exact) mass is 256 g/mol. The van der Waals surface area contributed by atoms with Crippen molar-refractivity contribution in [3.05, 3.63) is 5.69 Å². The molecule has 0 aliphatic heterocycles. The first-order chi connectivity index (χ1) is 8.20. The maximum absolute atomic E-state index is 11.8. The summed E-state index contributed by atoms with van der Waals surface area (Å²) in [6, 6.07) is 0.211. The van der Waals surface area contributed by atoms with Gasteiger partial charge in [0.1, 0.15) is 0 Å². The van der Waals surface area contributed by atoms with E-state index in [2.05, 4.69) is 27.2 Å². The van der Waals surface area contributed by atoms with Gasteiger partial charge in [-0.05, 0) is 35.3 Å². The van der Waals surface area contributed by atoms with Crippen molar-refractivity contribution >= 4 is 23.5 Å². The molecule has 6 nitrogen and oxygen atoms in total. The van der Waals surface area contributed by atoms with Gasteiger partial charge < -0.3 is 11.1 Å². The van der Waals surface area contributed by atoms with E-state index < -0.39 is 0 Å². The molecule has 1 aliphatic carbocycles. The molecule has 1 aromatic rings. The molecule has 2 atom stereocenters. The molecule has 0 radical (unpaired) electrons. The summed E-state index contributed by atoms with van der Waals surface area (Å²) in [5.41, 5.74) is 5.54. The molecular weight excluding hydrogens is 240 g/mol. The molecule has 1 saturated carbocycles. The number of hydrogen-bond donors (Lipinski definition) is 2.